The Morgan fingerprint density at radius 2 is 2.00 bits per heavy atom. The topological polar surface area (TPSA) is 0 Å². The van der Waals surface area contributed by atoms with Crippen LogP contribution in [0, 0.1) is 29.3 Å². The molecule has 0 unspecified atom stereocenters. The summed E-state index contributed by atoms with van der Waals surface area (Å²) < 4.78 is 39.2. The van der Waals surface area contributed by atoms with Crippen molar-refractivity contribution >= 4 is 12.6 Å². The van der Waals surface area contributed by atoms with Crippen LogP contribution >= 0.6 is 12.6 Å². The summed E-state index contributed by atoms with van der Waals surface area (Å²) in [7, 11) is 0. The minimum absolute atomic E-state index is 0.0565. The Morgan fingerprint density at radius 3 is 2.50 bits per heavy atom. The third kappa shape index (κ3) is 2.61. The Hall–Kier alpha value is -1.34. The molecule has 4 heteroatoms. The van der Waals surface area contributed by atoms with Gasteiger partial charge in [-0.25, -0.2) is 13.2 Å². The third-order valence-corrected chi connectivity index (χ3v) is 2.07. The summed E-state index contributed by atoms with van der Waals surface area (Å²) in [6, 6.07) is 0.876. The van der Waals surface area contributed by atoms with Gasteiger partial charge in [0.25, 0.3) is 0 Å². The van der Waals surface area contributed by atoms with Crippen molar-refractivity contribution in [2.45, 2.75) is 13.3 Å². The number of rotatable bonds is 1. The van der Waals surface area contributed by atoms with Gasteiger partial charge in [0, 0.05) is 16.0 Å². The molecule has 1 rings (SSSR count). The highest BCUT2D eigenvalue weighted by molar-refractivity contribution is 7.84. The van der Waals surface area contributed by atoms with Gasteiger partial charge >= 0.3 is 0 Å². The van der Waals surface area contributed by atoms with Crippen LogP contribution in [0.4, 0.5) is 13.2 Å². The van der Waals surface area contributed by atoms with E-state index in [2.05, 4.69) is 31.0 Å². The second kappa shape index (κ2) is 5.13. The normalized spacial score (nSPS) is 9.56. The van der Waals surface area contributed by atoms with Crippen LogP contribution in [0.3, 0.4) is 0 Å². The van der Waals surface area contributed by atoms with Gasteiger partial charge in [0.2, 0.25) is 0 Å². The molecule has 0 radical (unpaired) electrons. The van der Waals surface area contributed by atoms with E-state index in [0.29, 0.717) is 0 Å². The Labute approximate surface area is 97.6 Å². The number of halogens is 3. The van der Waals surface area contributed by atoms with E-state index in [9.17, 15) is 13.2 Å². The largest absolute Gasteiger partial charge is 0.204 e. The van der Waals surface area contributed by atoms with Gasteiger partial charge in [-0.2, -0.15) is 0 Å². The van der Waals surface area contributed by atoms with Gasteiger partial charge in [0.15, 0.2) is 17.5 Å². The lowest BCUT2D eigenvalue weighted by molar-refractivity contribution is 0.441. The molecule has 1 aromatic rings. The average Bonchev–Trinajstić information content (AvgIpc) is 2.23. The molecule has 0 saturated heterocycles. The Kier molecular flexibility index (Phi) is 4.08. The second-order valence-corrected chi connectivity index (χ2v) is 3.60. The molecule has 0 amide bonds. The summed E-state index contributed by atoms with van der Waals surface area (Å²) in [6.45, 7) is 5.05. The Morgan fingerprint density at radius 1 is 1.38 bits per heavy atom. The molecule has 0 spiro atoms. The molecule has 0 atom stereocenters. The van der Waals surface area contributed by atoms with Crippen molar-refractivity contribution in [1.29, 1.82) is 0 Å². The van der Waals surface area contributed by atoms with Gasteiger partial charge in [-0.3, -0.25) is 0 Å². The van der Waals surface area contributed by atoms with E-state index in [4.69, 9.17) is 0 Å². The SMILES string of the molecule is C=C(S)C#Cc1cc(F)c(F)c(F)c1CC. The van der Waals surface area contributed by atoms with Crippen LogP contribution in [0.25, 0.3) is 0 Å². The second-order valence-electron chi connectivity index (χ2n) is 3.06. The maximum Gasteiger partial charge on any atom is 0.194 e. The highest BCUT2D eigenvalue weighted by atomic mass is 32.1. The molecule has 0 aliphatic heterocycles. The molecule has 0 nitrogen and oxygen atoms in total. The molecule has 0 bridgehead atoms. The first-order valence-corrected chi connectivity index (χ1v) is 4.98. The number of thiol groups is 1. The minimum atomic E-state index is -1.47. The number of allylic oxidation sites excluding steroid dienone is 1. The van der Waals surface area contributed by atoms with Crippen molar-refractivity contribution in [3.63, 3.8) is 0 Å². The van der Waals surface area contributed by atoms with Gasteiger partial charge in [0.05, 0.1) is 0 Å². The fraction of sp³-hybridized carbons (Fsp3) is 0.167. The summed E-state index contributed by atoms with van der Waals surface area (Å²) in [6.07, 6.45) is 0.228. The molecular formula is C12H9F3S. The molecule has 0 heterocycles. The van der Waals surface area contributed by atoms with Gasteiger partial charge in [-0.1, -0.05) is 25.3 Å². The first-order chi connectivity index (χ1) is 7.47. The van der Waals surface area contributed by atoms with E-state index in [-0.39, 0.29) is 22.5 Å². The first kappa shape index (κ1) is 12.7. The Bertz CT molecular complexity index is 495. The molecular weight excluding hydrogens is 233 g/mol. The van der Waals surface area contributed by atoms with Crippen LogP contribution in [0.5, 0.6) is 0 Å². The van der Waals surface area contributed by atoms with Crippen molar-refractivity contribution in [2.24, 2.45) is 0 Å². The quantitative estimate of drug-likeness (QED) is 0.435. The van der Waals surface area contributed by atoms with Crippen molar-refractivity contribution < 1.29 is 13.2 Å². The number of hydrogen-bond acceptors (Lipinski definition) is 1. The van der Waals surface area contributed by atoms with Crippen LogP contribution in [0.15, 0.2) is 17.6 Å². The molecule has 16 heavy (non-hydrogen) atoms. The van der Waals surface area contributed by atoms with Gasteiger partial charge in [-0.05, 0) is 12.5 Å². The average molecular weight is 242 g/mol. The minimum Gasteiger partial charge on any atom is -0.204 e. The monoisotopic (exact) mass is 242 g/mol. The van der Waals surface area contributed by atoms with E-state index in [0.717, 1.165) is 6.07 Å². The zero-order valence-corrected chi connectivity index (χ0v) is 9.47. The van der Waals surface area contributed by atoms with E-state index in [1.54, 1.807) is 6.92 Å². The van der Waals surface area contributed by atoms with Gasteiger partial charge in [-0.15, -0.1) is 12.6 Å². The summed E-state index contributed by atoms with van der Waals surface area (Å²) in [4.78, 5) is 0.271. The maximum absolute atomic E-state index is 13.3. The highest BCUT2D eigenvalue weighted by Gasteiger charge is 2.16. The van der Waals surface area contributed by atoms with Crippen molar-refractivity contribution in [3.8, 4) is 11.8 Å². The number of benzene rings is 1. The smallest absolute Gasteiger partial charge is 0.194 e. The zero-order valence-electron chi connectivity index (χ0n) is 8.57. The predicted octanol–water partition coefficient (Wildman–Crippen LogP) is 3.46. The summed E-state index contributed by atoms with van der Waals surface area (Å²) >= 11 is 3.83. The highest BCUT2D eigenvalue weighted by Crippen LogP contribution is 2.20. The van der Waals surface area contributed by atoms with E-state index in [1.165, 1.54) is 0 Å². The molecule has 0 aliphatic rings. The van der Waals surface area contributed by atoms with Crippen molar-refractivity contribution in [2.75, 3.05) is 0 Å². The van der Waals surface area contributed by atoms with E-state index in [1.807, 2.05) is 0 Å². The predicted molar refractivity (Wildman–Crippen MR) is 60.7 cm³/mol. The zero-order chi connectivity index (χ0) is 12.3. The van der Waals surface area contributed by atoms with Crippen LogP contribution in [-0.4, -0.2) is 0 Å². The van der Waals surface area contributed by atoms with E-state index >= 15 is 0 Å². The molecule has 1 aromatic carbocycles. The van der Waals surface area contributed by atoms with Crippen LogP contribution < -0.4 is 0 Å². The third-order valence-electron chi connectivity index (χ3n) is 1.96. The molecule has 0 aromatic heterocycles. The number of hydrogen-bond donors (Lipinski definition) is 1. The van der Waals surface area contributed by atoms with Crippen LogP contribution in [0.2, 0.25) is 0 Å². The summed E-state index contributed by atoms with van der Waals surface area (Å²) in [5.74, 6) is 1.08. The summed E-state index contributed by atoms with van der Waals surface area (Å²) in [5, 5.41) is 0. The van der Waals surface area contributed by atoms with E-state index < -0.39 is 17.5 Å². The first-order valence-electron chi connectivity index (χ1n) is 4.53. The molecule has 84 valence electrons. The fourth-order valence-electron chi connectivity index (χ4n) is 1.23. The molecule has 0 aliphatic carbocycles. The van der Waals surface area contributed by atoms with Crippen molar-refractivity contribution in [3.05, 3.63) is 46.1 Å². The van der Waals surface area contributed by atoms with Gasteiger partial charge < -0.3 is 0 Å². The van der Waals surface area contributed by atoms with Crippen LogP contribution in [-0.2, 0) is 6.42 Å². The van der Waals surface area contributed by atoms with Crippen LogP contribution in [0.1, 0.15) is 18.1 Å². The summed E-state index contributed by atoms with van der Waals surface area (Å²) in [5.41, 5.74) is 0.176. The lowest BCUT2D eigenvalue weighted by atomic mass is 10.0. The fourth-order valence-corrected chi connectivity index (χ4v) is 1.29. The van der Waals surface area contributed by atoms with Crippen molar-refractivity contribution in [1.82, 2.24) is 0 Å². The standard InChI is InChI=1S/C12H9F3S/c1-3-9-8(5-4-7(2)16)6-10(13)12(15)11(9)14/h6,16H,2-3H2,1H3. The lowest BCUT2D eigenvalue weighted by Crippen LogP contribution is -2.00. The Balaban J connectivity index is 3.41. The van der Waals surface area contributed by atoms with Gasteiger partial charge in [0.1, 0.15) is 0 Å². The molecule has 0 N–H and O–H groups in total. The molecule has 0 fully saturated rings. The molecule has 0 saturated carbocycles. The maximum atomic E-state index is 13.3. The lowest BCUT2D eigenvalue weighted by Gasteiger charge is -2.05.